The summed E-state index contributed by atoms with van der Waals surface area (Å²) in [6.45, 7) is 4.57. The van der Waals surface area contributed by atoms with Gasteiger partial charge in [0.2, 0.25) is 0 Å². The van der Waals surface area contributed by atoms with E-state index in [4.69, 9.17) is 21.1 Å². The van der Waals surface area contributed by atoms with Gasteiger partial charge in [0, 0.05) is 10.4 Å². The zero-order valence-electron chi connectivity index (χ0n) is 14.5. The molecule has 134 valence electrons. The number of hydrogen-bond acceptors (Lipinski definition) is 5. The molecule has 1 heterocycles. The molecule has 25 heavy (non-hydrogen) atoms. The molecule has 3 rings (SSSR count). The van der Waals surface area contributed by atoms with Crippen molar-refractivity contribution in [2.75, 3.05) is 19.0 Å². The summed E-state index contributed by atoms with van der Waals surface area (Å²) in [5, 5.41) is 3.85. The Morgan fingerprint density at radius 3 is 3.00 bits per heavy atom. The number of carbonyl (C=O) groups excluding carboxylic acids is 1. The van der Waals surface area contributed by atoms with E-state index in [9.17, 15) is 4.79 Å². The van der Waals surface area contributed by atoms with Gasteiger partial charge >= 0.3 is 0 Å². The molecule has 7 heteroatoms. The van der Waals surface area contributed by atoms with Crippen molar-refractivity contribution in [2.45, 2.75) is 33.1 Å². The Kier molecular flexibility index (Phi) is 5.49. The van der Waals surface area contributed by atoms with E-state index in [0.717, 1.165) is 25.0 Å². The largest absolute Gasteiger partial charge is 0.493 e. The van der Waals surface area contributed by atoms with Crippen LogP contribution in [0.1, 0.15) is 41.2 Å². The van der Waals surface area contributed by atoms with Gasteiger partial charge in [0.25, 0.3) is 5.91 Å². The third-order valence-electron chi connectivity index (χ3n) is 4.19. The minimum atomic E-state index is -0.262. The number of hydrogen-bond donors (Lipinski definition) is 1. The van der Waals surface area contributed by atoms with E-state index in [2.05, 4.69) is 17.2 Å². The molecule has 0 saturated heterocycles. The molecular formula is C18H21ClN2O3S. The van der Waals surface area contributed by atoms with Gasteiger partial charge in [-0.25, -0.2) is 4.98 Å². The molecule has 1 unspecified atom stereocenters. The first-order valence-electron chi connectivity index (χ1n) is 8.32. The second-order valence-electron chi connectivity index (χ2n) is 6.11. The molecule has 0 aliphatic heterocycles. The van der Waals surface area contributed by atoms with Crippen molar-refractivity contribution in [3.05, 3.63) is 33.3 Å². The highest BCUT2D eigenvalue weighted by atomic mass is 35.5. The Labute approximate surface area is 156 Å². The highest BCUT2D eigenvalue weighted by Gasteiger charge is 2.21. The lowest BCUT2D eigenvalue weighted by Crippen LogP contribution is -2.12. The van der Waals surface area contributed by atoms with Gasteiger partial charge in [-0.1, -0.05) is 18.5 Å². The lowest BCUT2D eigenvalue weighted by atomic mass is 9.93. The number of methoxy groups -OCH3 is 1. The van der Waals surface area contributed by atoms with Crippen molar-refractivity contribution in [1.29, 1.82) is 0 Å². The van der Waals surface area contributed by atoms with Crippen molar-refractivity contribution in [1.82, 2.24) is 4.98 Å². The number of nitrogens with one attached hydrogen (secondary N) is 1. The highest BCUT2D eigenvalue weighted by molar-refractivity contribution is 7.15. The smallest absolute Gasteiger partial charge is 0.257 e. The number of halogens is 1. The van der Waals surface area contributed by atoms with Gasteiger partial charge in [-0.2, -0.15) is 0 Å². The van der Waals surface area contributed by atoms with E-state index in [-0.39, 0.29) is 5.91 Å². The fraction of sp³-hybridized carbons (Fsp3) is 0.444. The van der Waals surface area contributed by atoms with Crippen molar-refractivity contribution in [3.63, 3.8) is 0 Å². The maximum Gasteiger partial charge on any atom is 0.257 e. The monoisotopic (exact) mass is 380 g/mol. The molecule has 2 aromatic rings. The predicted molar refractivity (Wildman–Crippen MR) is 100 cm³/mol. The van der Waals surface area contributed by atoms with E-state index in [1.165, 1.54) is 12.0 Å². The third-order valence-corrected chi connectivity index (χ3v) is 5.50. The van der Waals surface area contributed by atoms with Crippen LogP contribution in [0.2, 0.25) is 5.02 Å². The van der Waals surface area contributed by atoms with Gasteiger partial charge in [-0.15, -0.1) is 11.3 Å². The number of ether oxygens (including phenoxy) is 2. The number of nitrogens with zero attached hydrogens (tertiary/aromatic N) is 1. The summed E-state index contributed by atoms with van der Waals surface area (Å²) < 4.78 is 10.8. The van der Waals surface area contributed by atoms with E-state index >= 15 is 0 Å². The third kappa shape index (κ3) is 3.90. The predicted octanol–water partition coefficient (Wildman–Crippen LogP) is 4.58. The average Bonchev–Trinajstić information content (AvgIpc) is 2.97. The SMILES string of the molecule is CCOc1c(Cl)cc(C(=O)Nc2nc3c(s2)CC(C)CC3)cc1OC. The number of benzene rings is 1. The molecule has 1 aliphatic carbocycles. The minimum absolute atomic E-state index is 0.262. The van der Waals surface area contributed by atoms with Crippen LogP contribution in [-0.2, 0) is 12.8 Å². The number of rotatable bonds is 5. The first-order valence-corrected chi connectivity index (χ1v) is 9.51. The maximum absolute atomic E-state index is 12.6. The summed E-state index contributed by atoms with van der Waals surface area (Å²) in [6, 6.07) is 3.21. The molecule has 5 nitrogen and oxygen atoms in total. The second-order valence-corrected chi connectivity index (χ2v) is 7.60. The van der Waals surface area contributed by atoms with E-state index in [0.29, 0.717) is 39.7 Å². The van der Waals surface area contributed by atoms with Crippen molar-refractivity contribution in [3.8, 4) is 11.5 Å². The number of thiazole rings is 1. The van der Waals surface area contributed by atoms with Crippen LogP contribution in [0.3, 0.4) is 0 Å². The number of carbonyl (C=O) groups is 1. The Bertz CT molecular complexity index is 791. The Morgan fingerprint density at radius 2 is 2.28 bits per heavy atom. The maximum atomic E-state index is 12.6. The zero-order valence-corrected chi connectivity index (χ0v) is 16.1. The van der Waals surface area contributed by atoms with Crippen LogP contribution in [0.5, 0.6) is 11.5 Å². The summed E-state index contributed by atoms with van der Waals surface area (Å²) in [6.07, 6.45) is 3.16. The van der Waals surface area contributed by atoms with Crippen LogP contribution >= 0.6 is 22.9 Å². The quantitative estimate of drug-likeness (QED) is 0.824. The molecule has 0 saturated carbocycles. The number of aryl methyl sites for hydroxylation is 1. The van der Waals surface area contributed by atoms with Crippen LogP contribution in [0, 0.1) is 5.92 Å². The van der Waals surface area contributed by atoms with Gasteiger partial charge in [-0.05, 0) is 44.2 Å². The Balaban J connectivity index is 1.81. The van der Waals surface area contributed by atoms with Gasteiger partial charge in [0.15, 0.2) is 16.6 Å². The number of fused-ring (bicyclic) bond motifs is 1. The molecule has 1 aliphatic rings. The lowest BCUT2D eigenvalue weighted by molar-refractivity contribution is 0.102. The van der Waals surface area contributed by atoms with E-state index in [1.54, 1.807) is 23.5 Å². The summed E-state index contributed by atoms with van der Waals surface area (Å²) in [5.41, 5.74) is 1.52. The first kappa shape index (κ1) is 18.0. The van der Waals surface area contributed by atoms with Crippen molar-refractivity contribution in [2.24, 2.45) is 5.92 Å². The zero-order chi connectivity index (χ0) is 18.0. The van der Waals surface area contributed by atoms with Crippen LogP contribution in [0.25, 0.3) is 0 Å². The molecule has 1 atom stereocenters. The summed E-state index contributed by atoms with van der Waals surface area (Å²) in [4.78, 5) is 18.4. The fourth-order valence-corrected chi connectivity index (χ4v) is 4.33. The molecule has 0 fully saturated rings. The molecule has 0 bridgehead atoms. The van der Waals surface area contributed by atoms with Crippen LogP contribution in [-0.4, -0.2) is 24.6 Å². The number of amides is 1. The van der Waals surface area contributed by atoms with Gasteiger partial charge in [0.1, 0.15) is 0 Å². The molecule has 1 amide bonds. The molecule has 0 spiro atoms. The summed E-state index contributed by atoms with van der Waals surface area (Å²) >= 11 is 7.80. The normalized spacial score (nSPS) is 16.2. The van der Waals surface area contributed by atoms with Crippen molar-refractivity contribution >= 4 is 34.0 Å². The Morgan fingerprint density at radius 1 is 1.48 bits per heavy atom. The molecule has 1 N–H and O–H groups in total. The van der Waals surface area contributed by atoms with Crippen LogP contribution in [0.15, 0.2) is 12.1 Å². The average molecular weight is 381 g/mol. The first-order chi connectivity index (χ1) is 12.0. The Hall–Kier alpha value is -1.79. The topological polar surface area (TPSA) is 60.5 Å². The molecule has 1 aromatic carbocycles. The molecular weight excluding hydrogens is 360 g/mol. The number of aromatic nitrogens is 1. The van der Waals surface area contributed by atoms with Crippen LogP contribution in [0.4, 0.5) is 5.13 Å². The summed E-state index contributed by atoms with van der Waals surface area (Å²) in [5.74, 6) is 1.29. The van der Waals surface area contributed by atoms with Gasteiger partial charge in [0.05, 0.1) is 24.4 Å². The molecule has 0 radical (unpaired) electrons. The van der Waals surface area contributed by atoms with Crippen LogP contribution < -0.4 is 14.8 Å². The molecule has 1 aromatic heterocycles. The van der Waals surface area contributed by atoms with E-state index < -0.39 is 0 Å². The lowest BCUT2D eigenvalue weighted by Gasteiger charge is -2.15. The summed E-state index contributed by atoms with van der Waals surface area (Å²) in [7, 11) is 1.52. The standard InChI is InChI=1S/C18H21ClN2O3S/c1-4-24-16-12(19)8-11(9-14(16)23-3)17(22)21-18-20-13-6-5-10(2)7-15(13)25-18/h8-10H,4-7H2,1-3H3,(H,20,21,22). The fourth-order valence-electron chi connectivity index (χ4n) is 2.90. The second kappa shape index (κ2) is 7.62. The minimum Gasteiger partial charge on any atom is -0.493 e. The van der Waals surface area contributed by atoms with Gasteiger partial charge < -0.3 is 9.47 Å². The van der Waals surface area contributed by atoms with Crippen molar-refractivity contribution < 1.29 is 14.3 Å². The number of anilines is 1. The van der Waals surface area contributed by atoms with Gasteiger partial charge in [-0.3, -0.25) is 10.1 Å². The van der Waals surface area contributed by atoms with E-state index in [1.807, 2.05) is 6.92 Å². The highest BCUT2D eigenvalue weighted by Crippen LogP contribution is 2.37.